The molecule has 0 aromatic heterocycles. The van der Waals surface area contributed by atoms with Crippen molar-refractivity contribution in [3.8, 4) is 0 Å². The van der Waals surface area contributed by atoms with Gasteiger partial charge in [0.25, 0.3) is 0 Å². The number of thioether (sulfide) groups is 1. The van der Waals surface area contributed by atoms with Crippen LogP contribution in [0, 0.1) is 5.92 Å². The quantitative estimate of drug-likeness (QED) is 0.877. The Kier molecular flexibility index (Phi) is 6.07. The maximum atomic E-state index is 12.2. The average Bonchev–Trinajstić information content (AvgIpc) is 2.34. The SMILES string of the molecule is CCS[C@@H](C(=O)Nc1ccc(S(C)(=O)=O)cc1)C(C)C. The van der Waals surface area contributed by atoms with E-state index in [1.807, 2.05) is 20.8 Å². The number of anilines is 1. The summed E-state index contributed by atoms with van der Waals surface area (Å²) in [7, 11) is -3.20. The lowest BCUT2D eigenvalue weighted by Gasteiger charge is -2.19. The highest BCUT2D eigenvalue weighted by atomic mass is 32.2. The zero-order valence-electron chi connectivity index (χ0n) is 12.2. The maximum absolute atomic E-state index is 12.2. The lowest BCUT2D eigenvalue weighted by Crippen LogP contribution is -2.29. The van der Waals surface area contributed by atoms with Crippen LogP contribution in [0.2, 0.25) is 0 Å². The molecule has 1 amide bonds. The van der Waals surface area contributed by atoms with Gasteiger partial charge < -0.3 is 5.32 Å². The molecule has 0 fully saturated rings. The molecule has 4 nitrogen and oxygen atoms in total. The minimum atomic E-state index is -3.20. The van der Waals surface area contributed by atoms with E-state index in [0.717, 1.165) is 12.0 Å². The first-order valence-corrected chi connectivity index (χ1v) is 9.42. The van der Waals surface area contributed by atoms with Crippen molar-refractivity contribution in [1.82, 2.24) is 0 Å². The van der Waals surface area contributed by atoms with Gasteiger partial charge in [-0.1, -0.05) is 20.8 Å². The van der Waals surface area contributed by atoms with Crippen LogP contribution in [-0.4, -0.2) is 31.6 Å². The van der Waals surface area contributed by atoms with Crippen LogP contribution < -0.4 is 5.32 Å². The third kappa shape index (κ3) is 4.83. The van der Waals surface area contributed by atoms with Gasteiger partial charge in [0.1, 0.15) is 0 Å². The zero-order chi connectivity index (χ0) is 15.3. The molecule has 0 saturated carbocycles. The number of carbonyl (C=O) groups is 1. The van der Waals surface area contributed by atoms with Gasteiger partial charge in [0.15, 0.2) is 9.84 Å². The van der Waals surface area contributed by atoms with E-state index in [2.05, 4.69) is 5.32 Å². The molecule has 0 spiro atoms. The first-order valence-electron chi connectivity index (χ1n) is 6.48. The van der Waals surface area contributed by atoms with Crippen molar-refractivity contribution in [2.75, 3.05) is 17.3 Å². The molecule has 1 N–H and O–H groups in total. The Bertz CT molecular complexity index is 550. The number of benzene rings is 1. The molecule has 0 saturated heterocycles. The highest BCUT2D eigenvalue weighted by Crippen LogP contribution is 2.22. The van der Waals surface area contributed by atoms with Crippen molar-refractivity contribution in [3.63, 3.8) is 0 Å². The highest BCUT2D eigenvalue weighted by Gasteiger charge is 2.22. The van der Waals surface area contributed by atoms with Crippen molar-refractivity contribution in [2.24, 2.45) is 5.92 Å². The van der Waals surface area contributed by atoms with E-state index in [0.29, 0.717) is 5.69 Å². The number of carbonyl (C=O) groups excluding carboxylic acids is 1. The van der Waals surface area contributed by atoms with Gasteiger partial charge >= 0.3 is 0 Å². The summed E-state index contributed by atoms with van der Waals surface area (Å²) in [5.41, 5.74) is 0.616. The third-order valence-electron chi connectivity index (χ3n) is 2.76. The number of rotatable bonds is 6. The Morgan fingerprint density at radius 2 is 1.80 bits per heavy atom. The Morgan fingerprint density at radius 3 is 2.20 bits per heavy atom. The summed E-state index contributed by atoms with van der Waals surface area (Å²) >= 11 is 1.61. The van der Waals surface area contributed by atoms with E-state index >= 15 is 0 Å². The predicted octanol–water partition coefficient (Wildman–Crippen LogP) is 2.81. The normalized spacial score (nSPS) is 13.2. The van der Waals surface area contributed by atoms with Crippen LogP contribution in [0.25, 0.3) is 0 Å². The van der Waals surface area contributed by atoms with Crippen LogP contribution in [0.4, 0.5) is 5.69 Å². The molecule has 0 unspecified atom stereocenters. The Labute approximate surface area is 125 Å². The van der Waals surface area contributed by atoms with Gasteiger partial charge in [0, 0.05) is 11.9 Å². The summed E-state index contributed by atoms with van der Waals surface area (Å²) in [6, 6.07) is 6.23. The van der Waals surface area contributed by atoms with E-state index in [9.17, 15) is 13.2 Å². The summed E-state index contributed by atoms with van der Waals surface area (Å²) < 4.78 is 22.7. The molecule has 1 aromatic carbocycles. The van der Waals surface area contributed by atoms with Crippen LogP contribution in [-0.2, 0) is 14.6 Å². The van der Waals surface area contributed by atoms with Crippen molar-refractivity contribution >= 4 is 33.2 Å². The van der Waals surface area contributed by atoms with Gasteiger partial charge in [-0.2, -0.15) is 0 Å². The summed E-state index contributed by atoms with van der Waals surface area (Å²) in [6.45, 7) is 6.05. The smallest absolute Gasteiger partial charge is 0.237 e. The Morgan fingerprint density at radius 1 is 1.25 bits per heavy atom. The van der Waals surface area contributed by atoms with Crippen molar-refractivity contribution < 1.29 is 13.2 Å². The molecule has 1 atom stereocenters. The fourth-order valence-corrected chi connectivity index (χ4v) is 3.33. The number of amides is 1. The Hall–Kier alpha value is -1.01. The van der Waals surface area contributed by atoms with Crippen molar-refractivity contribution in [1.29, 1.82) is 0 Å². The molecular formula is C14H21NO3S2. The van der Waals surface area contributed by atoms with E-state index < -0.39 is 9.84 Å². The largest absolute Gasteiger partial charge is 0.325 e. The minimum Gasteiger partial charge on any atom is -0.325 e. The molecule has 20 heavy (non-hydrogen) atoms. The van der Waals surface area contributed by atoms with Crippen LogP contribution >= 0.6 is 11.8 Å². The minimum absolute atomic E-state index is 0.0426. The molecule has 0 aliphatic carbocycles. The molecule has 6 heteroatoms. The number of hydrogen-bond acceptors (Lipinski definition) is 4. The van der Waals surface area contributed by atoms with E-state index in [1.165, 1.54) is 12.1 Å². The van der Waals surface area contributed by atoms with Gasteiger partial charge in [0.05, 0.1) is 10.1 Å². The second-order valence-electron chi connectivity index (χ2n) is 4.91. The average molecular weight is 315 g/mol. The van der Waals surface area contributed by atoms with Crippen LogP contribution in [0.15, 0.2) is 29.2 Å². The highest BCUT2D eigenvalue weighted by molar-refractivity contribution is 8.00. The maximum Gasteiger partial charge on any atom is 0.237 e. The molecule has 0 bridgehead atoms. The lowest BCUT2D eigenvalue weighted by atomic mass is 10.1. The summed E-state index contributed by atoms with van der Waals surface area (Å²) in [6.07, 6.45) is 1.16. The van der Waals surface area contributed by atoms with Crippen LogP contribution in [0.5, 0.6) is 0 Å². The van der Waals surface area contributed by atoms with Gasteiger partial charge in [-0.05, 0) is 35.9 Å². The number of hydrogen-bond donors (Lipinski definition) is 1. The molecule has 112 valence electrons. The standard InChI is InChI=1S/C14H21NO3S2/c1-5-19-13(10(2)3)14(16)15-11-6-8-12(9-7-11)20(4,17)18/h6-10,13H,5H2,1-4H3,(H,15,16)/t13-/m1/s1. The van der Waals surface area contributed by atoms with Crippen LogP contribution in [0.1, 0.15) is 20.8 Å². The molecule has 0 heterocycles. The van der Waals surface area contributed by atoms with Crippen LogP contribution in [0.3, 0.4) is 0 Å². The van der Waals surface area contributed by atoms with Gasteiger partial charge in [-0.25, -0.2) is 8.42 Å². The molecule has 0 aliphatic heterocycles. The van der Waals surface area contributed by atoms with Gasteiger partial charge in [-0.3, -0.25) is 4.79 Å². The van der Waals surface area contributed by atoms with Crippen molar-refractivity contribution in [3.05, 3.63) is 24.3 Å². The molecule has 0 radical (unpaired) electrons. The second-order valence-corrected chi connectivity index (χ2v) is 8.34. The topological polar surface area (TPSA) is 63.2 Å². The summed E-state index contributed by atoms with van der Waals surface area (Å²) in [4.78, 5) is 12.4. The molecular weight excluding hydrogens is 294 g/mol. The Balaban J connectivity index is 2.80. The molecule has 0 aliphatic rings. The molecule has 1 aromatic rings. The monoisotopic (exact) mass is 315 g/mol. The summed E-state index contributed by atoms with van der Waals surface area (Å²) in [5.74, 6) is 1.08. The van der Waals surface area contributed by atoms with E-state index in [1.54, 1.807) is 23.9 Å². The third-order valence-corrected chi connectivity index (χ3v) is 5.34. The number of sulfone groups is 1. The summed E-state index contributed by atoms with van der Waals surface area (Å²) in [5, 5.41) is 2.73. The first-order chi connectivity index (χ1) is 9.25. The first kappa shape index (κ1) is 17.0. The van der Waals surface area contributed by atoms with E-state index in [-0.39, 0.29) is 22.0 Å². The van der Waals surface area contributed by atoms with E-state index in [4.69, 9.17) is 0 Å². The second kappa shape index (κ2) is 7.13. The fourth-order valence-electron chi connectivity index (χ4n) is 1.75. The predicted molar refractivity (Wildman–Crippen MR) is 84.9 cm³/mol. The van der Waals surface area contributed by atoms with Crippen molar-refractivity contribution in [2.45, 2.75) is 30.9 Å². The number of nitrogens with one attached hydrogen (secondary N) is 1. The molecule has 1 rings (SSSR count). The zero-order valence-corrected chi connectivity index (χ0v) is 13.8. The lowest BCUT2D eigenvalue weighted by molar-refractivity contribution is -0.116. The van der Waals surface area contributed by atoms with Gasteiger partial charge in [-0.15, -0.1) is 11.8 Å². The van der Waals surface area contributed by atoms with Gasteiger partial charge in [0.2, 0.25) is 5.91 Å². The fraction of sp³-hybridized carbons (Fsp3) is 0.500.